The van der Waals surface area contributed by atoms with Gasteiger partial charge in [-0.1, -0.05) is 23.7 Å². The summed E-state index contributed by atoms with van der Waals surface area (Å²) in [6.07, 6.45) is -4.27. The summed E-state index contributed by atoms with van der Waals surface area (Å²) in [5, 5.41) is 12.0. The third-order valence-electron chi connectivity index (χ3n) is 6.33. The lowest BCUT2D eigenvalue weighted by Crippen LogP contribution is -2.34. The second kappa shape index (κ2) is 7.58. The Kier molecular flexibility index (Phi) is 5.04. The quantitative estimate of drug-likeness (QED) is 0.576. The predicted octanol–water partition coefficient (Wildman–Crippen LogP) is 4.25. The Hall–Kier alpha value is -2.88. The van der Waals surface area contributed by atoms with E-state index in [1.165, 1.54) is 17.0 Å². The van der Waals surface area contributed by atoms with Gasteiger partial charge in [-0.2, -0.15) is 13.2 Å². The predicted molar refractivity (Wildman–Crippen MR) is 116 cm³/mol. The summed E-state index contributed by atoms with van der Waals surface area (Å²) in [5.41, 5.74) is 6.55. The van der Waals surface area contributed by atoms with E-state index in [-0.39, 0.29) is 36.0 Å². The van der Waals surface area contributed by atoms with Crippen LogP contribution >= 0.6 is 11.6 Å². The third-order valence-corrected chi connectivity index (χ3v) is 6.65. The number of carbonyl (C=O) groups is 1. The van der Waals surface area contributed by atoms with Crippen molar-refractivity contribution in [1.82, 2.24) is 9.88 Å². The van der Waals surface area contributed by atoms with Crippen LogP contribution in [0, 0.1) is 0 Å². The van der Waals surface area contributed by atoms with Gasteiger partial charge in [0.1, 0.15) is 11.4 Å². The highest BCUT2D eigenvalue weighted by Gasteiger charge is 2.41. The first-order valence-corrected chi connectivity index (χ1v) is 10.6. The van der Waals surface area contributed by atoms with Crippen LogP contribution in [0.3, 0.4) is 0 Å². The minimum Gasteiger partial charge on any atom is -0.383 e. The number of likely N-dealkylation sites (tertiary alicyclic amines) is 1. The first kappa shape index (κ1) is 21.9. The number of alkyl halides is 3. The van der Waals surface area contributed by atoms with Gasteiger partial charge in [-0.3, -0.25) is 4.79 Å². The molecule has 172 valence electrons. The van der Waals surface area contributed by atoms with Gasteiger partial charge in [0, 0.05) is 17.5 Å². The fraction of sp³-hybridized carbons (Fsp3) is 0.304. The standard InChI is InChI=1S/C23H19ClF3N3O3/c24-18-8-19-14(16-9-33-10-17(16)20(28)29-19)7-15(18)21(31)30-6-5-22(32,11-30)12-1-3-13(4-2-12)23(25,26)27/h1-4,7-8,32H,5-6,9-11H2,(H2,28,29)/t22-/m0/s1. The Bertz CT molecular complexity index is 1280. The molecule has 1 amide bonds. The van der Waals surface area contributed by atoms with Crippen LogP contribution in [0.2, 0.25) is 5.02 Å². The number of anilines is 1. The highest BCUT2D eigenvalue weighted by Crippen LogP contribution is 2.37. The van der Waals surface area contributed by atoms with Crippen molar-refractivity contribution in [3.8, 4) is 0 Å². The van der Waals surface area contributed by atoms with Gasteiger partial charge in [0.05, 0.1) is 41.4 Å². The first-order valence-electron chi connectivity index (χ1n) is 10.2. The molecular weight excluding hydrogens is 459 g/mol. The minimum atomic E-state index is -4.46. The van der Waals surface area contributed by atoms with Crippen molar-refractivity contribution in [3.05, 3.63) is 69.2 Å². The molecule has 0 spiro atoms. The maximum Gasteiger partial charge on any atom is 0.416 e. The van der Waals surface area contributed by atoms with Gasteiger partial charge < -0.3 is 20.5 Å². The molecule has 1 atom stereocenters. The number of nitrogen functional groups attached to an aromatic ring is 1. The normalized spacial score (nSPS) is 20.5. The molecule has 1 fully saturated rings. The van der Waals surface area contributed by atoms with Crippen LogP contribution in [0.25, 0.3) is 10.9 Å². The molecular formula is C23H19ClF3N3O3. The van der Waals surface area contributed by atoms with Crippen molar-refractivity contribution in [1.29, 1.82) is 0 Å². The van der Waals surface area contributed by atoms with Crippen molar-refractivity contribution >= 4 is 34.2 Å². The topological polar surface area (TPSA) is 88.7 Å². The average molecular weight is 478 g/mol. The summed E-state index contributed by atoms with van der Waals surface area (Å²) in [5.74, 6) is -0.0134. The zero-order valence-electron chi connectivity index (χ0n) is 17.2. The van der Waals surface area contributed by atoms with Gasteiger partial charge in [0.25, 0.3) is 5.91 Å². The molecule has 0 bridgehead atoms. The van der Waals surface area contributed by atoms with Crippen LogP contribution in [0.4, 0.5) is 19.0 Å². The second-order valence-corrected chi connectivity index (χ2v) is 8.79. The molecule has 3 heterocycles. The van der Waals surface area contributed by atoms with E-state index in [2.05, 4.69) is 4.98 Å². The third kappa shape index (κ3) is 3.70. The number of ether oxygens (including phenoxy) is 1. The number of benzene rings is 2. The zero-order valence-corrected chi connectivity index (χ0v) is 18.0. The number of fused-ring (bicyclic) bond motifs is 3. The molecule has 2 aliphatic heterocycles. The summed E-state index contributed by atoms with van der Waals surface area (Å²) in [6.45, 7) is 0.867. The number of nitrogens with two attached hydrogens (primary N) is 1. The number of nitrogens with zero attached hydrogens (tertiary/aromatic N) is 2. The number of β-amino-alcohol motifs (C(OH)–C–C–N with tert-alkyl or cyclic N) is 1. The summed E-state index contributed by atoms with van der Waals surface area (Å²) >= 11 is 6.40. The maximum atomic E-state index is 13.3. The van der Waals surface area contributed by atoms with E-state index in [4.69, 9.17) is 22.1 Å². The van der Waals surface area contributed by atoms with Gasteiger partial charge in [-0.25, -0.2) is 4.98 Å². The SMILES string of the molecule is Nc1nc2cc(Cl)c(C(=O)N3CC[C@@](O)(c4ccc(C(F)(F)F)cc4)C3)cc2c2c1COC2. The Morgan fingerprint density at radius 2 is 1.88 bits per heavy atom. The van der Waals surface area contributed by atoms with Crippen molar-refractivity contribution in [2.24, 2.45) is 0 Å². The molecule has 1 saturated heterocycles. The largest absolute Gasteiger partial charge is 0.416 e. The molecule has 33 heavy (non-hydrogen) atoms. The molecule has 6 nitrogen and oxygen atoms in total. The minimum absolute atomic E-state index is 0.0627. The number of amides is 1. The van der Waals surface area contributed by atoms with E-state index in [0.29, 0.717) is 30.1 Å². The molecule has 3 N–H and O–H groups in total. The molecule has 0 aliphatic carbocycles. The Morgan fingerprint density at radius 1 is 1.18 bits per heavy atom. The summed E-state index contributed by atoms with van der Waals surface area (Å²) in [4.78, 5) is 19.1. The van der Waals surface area contributed by atoms with E-state index < -0.39 is 17.3 Å². The van der Waals surface area contributed by atoms with Crippen LogP contribution in [0.15, 0.2) is 36.4 Å². The first-order chi connectivity index (χ1) is 15.6. The van der Waals surface area contributed by atoms with E-state index in [9.17, 15) is 23.1 Å². The second-order valence-electron chi connectivity index (χ2n) is 8.38. The van der Waals surface area contributed by atoms with Crippen LogP contribution in [0.1, 0.15) is 39.0 Å². The van der Waals surface area contributed by atoms with Crippen LogP contribution in [-0.4, -0.2) is 34.0 Å². The van der Waals surface area contributed by atoms with Gasteiger partial charge in [0.15, 0.2) is 0 Å². The summed E-state index contributed by atoms with van der Waals surface area (Å²) in [6, 6.07) is 7.60. The number of hydrogen-bond acceptors (Lipinski definition) is 5. The molecule has 5 rings (SSSR count). The number of aromatic nitrogens is 1. The lowest BCUT2D eigenvalue weighted by Gasteiger charge is -2.24. The lowest BCUT2D eigenvalue weighted by atomic mass is 9.92. The Balaban J connectivity index is 1.44. The van der Waals surface area contributed by atoms with Gasteiger partial charge in [-0.15, -0.1) is 0 Å². The Morgan fingerprint density at radius 3 is 2.58 bits per heavy atom. The molecule has 0 radical (unpaired) electrons. The number of hydrogen-bond donors (Lipinski definition) is 2. The van der Waals surface area contributed by atoms with E-state index >= 15 is 0 Å². The maximum absolute atomic E-state index is 13.3. The van der Waals surface area contributed by atoms with E-state index in [1.54, 1.807) is 12.1 Å². The highest BCUT2D eigenvalue weighted by molar-refractivity contribution is 6.34. The zero-order chi connectivity index (χ0) is 23.5. The fourth-order valence-corrected chi connectivity index (χ4v) is 4.74. The van der Waals surface area contributed by atoms with Crippen LogP contribution in [0.5, 0.6) is 0 Å². The molecule has 2 aromatic carbocycles. The lowest BCUT2D eigenvalue weighted by molar-refractivity contribution is -0.137. The molecule has 0 saturated carbocycles. The van der Waals surface area contributed by atoms with Gasteiger partial charge >= 0.3 is 6.18 Å². The van der Waals surface area contributed by atoms with Crippen molar-refractivity contribution in [2.45, 2.75) is 31.4 Å². The summed E-state index contributed by atoms with van der Waals surface area (Å²) < 4.78 is 44.1. The Labute approximate surface area is 191 Å². The van der Waals surface area contributed by atoms with Gasteiger partial charge in [0.2, 0.25) is 0 Å². The smallest absolute Gasteiger partial charge is 0.383 e. The summed E-state index contributed by atoms with van der Waals surface area (Å²) in [7, 11) is 0. The van der Waals surface area contributed by atoms with Crippen molar-refractivity contribution in [2.75, 3.05) is 18.8 Å². The molecule has 10 heteroatoms. The van der Waals surface area contributed by atoms with Gasteiger partial charge in [-0.05, 0) is 41.8 Å². The van der Waals surface area contributed by atoms with Crippen molar-refractivity contribution < 1.29 is 27.8 Å². The number of rotatable bonds is 2. The molecule has 0 unspecified atom stereocenters. The van der Waals surface area contributed by atoms with E-state index in [1.807, 2.05) is 0 Å². The molecule has 2 aliphatic rings. The number of pyridine rings is 1. The number of aliphatic hydroxyl groups is 1. The van der Waals surface area contributed by atoms with Crippen molar-refractivity contribution in [3.63, 3.8) is 0 Å². The monoisotopic (exact) mass is 477 g/mol. The van der Waals surface area contributed by atoms with Crippen LogP contribution in [-0.2, 0) is 29.7 Å². The number of carbonyl (C=O) groups excluding carboxylic acids is 1. The highest BCUT2D eigenvalue weighted by atomic mass is 35.5. The average Bonchev–Trinajstić information content (AvgIpc) is 3.41. The van der Waals surface area contributed by atoms with Crippen LogP contribution < -0.4 is 5.73 Å². The fourth-order valence-electron chi connectivity index (χ4n) is 4.50. The molecule has 3 aromatic rings. The molecule has 1 aromatic heterocycles. The van der Waals surface area contributed by atoms with E-state index in [0.717, 1.165) is 28.6 Å². The number of halogens is 4.